The molecule has 0 aliphatic carbocycles. The standard InChI is InChI=1S/C11H8N4O2/c1-8-4-10(2-3-11(8)15(16)17)14-6-9(5-12)13-7-14/h2-4,6-7H,1H3. The maximum Gasteiger partial charge on any atom is 0.272 e. The molecule has 17 heavy (non-hydrogen) atoms. The van der Waals surface area contributed by atoms with Crippen LogP contribution in [0.5, 0.6) is 0 Å². The Morgan fingerprint density at radius 3 is 2.82 bits per heavy atom. The van der Waals surface area contributed by atoms with Crippen molar-refractivity contribution < 1.29 is 4.92 Å². The van der Waals surface area contributed by atoms with Gasteiger partial charge in [-0.15, -0.1) is 0 Å². The third-order valence-electron chi connectivity index (χ3n) is 2.37. The molecule has 1 aromatic heterocycles. The van der Waals surface area contributed by atoms with E-state index in [-0.39, 0.29) is 5.69 Å². The van der Waals surface area contributed by atoms with E-state index in [4.69, 9.17) is 5.26 Å². The van der Waals surface area contributed by atoms with Gasteiger partial charge in [-0.2, -0.15) is 5.26 Å². The minimum Gasteiger partial charge on any atom is -0.305 e. The Morgan fingerprint density at radius 2 is 2.29 bits per heavy atom. The molecule has 0 radical (unpaired) electrons. The largest absolute Gasteiger partial charge is 0.305 e. The van der Waals surface area contributed by atoms with Crippen molar-refractivity contribution in [3.8, 4) is 11.8 Å². The Hall–Kier alpha value is -2.68. The van der Waals surface area contributed by atoms with Crippen LogP contribution in [0.4, 0.5) is 5.69 Å². The van der Waals surface area contributed by atoms with Crippen molar-refractivity contribution in [1.29, 1.82) is 5.26 Å². The lowest BCUT2D eigenvalue weighted by atomic mass is 10.2. The molecule has 0 fully saturated rings. The zero-order chi connectivity index (χ0) is 12.4. The maximum absolute atomic E-state index is 10.7. The molecule has 0 saturated carbocycles. The molecule has 0 spiro atoms. The Kier molecular flexibility index (Phi) is 2.58. The Bertz CT molecular complexity index is 625. The molecule has 6 heteroatoms. The van der Waals surface area contributed by atoms with Gasteiger partial charge in [0.25, 0.3) is 5.69 Å². The number of hydrogen-bond donors (Lipinski definition) is 0. The van der Waals surface area contributed by atoms with E-state index in [0.717, 1.165) is 5.69 Å². The number of imidazole rings is 1. The monoisotopic (exact) mass is 228 g/mol. The van der Waals surface area contributed by atoms with Crippen LogP contribution in [0.3, 0.4) is 0 Å². The van der Waals surface area contributed by atoms with Gasteiger partial charge in [0.05, 0.1) is 4.92 Å². The number of nitriles is 1. The molecule has 0 amide bonds. The topological polar surface area (TPSA) is 84.8 Å². The second-order valence-corrected chi connectivity index (χ2v) is 3.51. The highest BCUT2D eigenvalue weighted by Gasteiger charge is 2.10. The molecule has 2 rings (SSSR count). The van der Waals surface area contributed by atoms with Crippen LogP contribution in [-0.4, -0.2) is 14.5 Å². The van der Waals surface area contributed by atoms with Gasteiger partial charge in [-0.25, -0.2) is 4.98 Å². The third kappa shape index (κ3) is 1.99. The van der Waals surface area contributed by atoms with Crippen LogP contribution in [0.1, 0.15) is 11.3 Å². The van der Waals surface area contributed by atoms with Crippen molar-refractivity contribution in [3.05, 3.63) is 52.1 Å². The number of aryl methyl sites for hydroxylation is 1. The van der Waals surface area contributed by atoms with Crippen molar-refractivity contribution >= 4 is 5.69 Å². The average Bonchev–Trinajstić information content (AvgIpc) is 2.76. The lowest BCUT2D eigenvalue weighted by Crippen LogP contribution is -1.95. The van der Waals surface area contributed by atoms with Crippen LogP contribution in [0.15, 0.2) is 30.7 Å². The molecule has 0 N–H and O–H groups in total. The minimum absolute atomic E-state index is 0.0781. The normalized spacial score (nSPS) is 9.88. The van der Waals surface area contributed by atoms with Crippen LogP contribution in [0.2, 0.25) is 0 Å². The first-order valence-electron chi connectivity index (χ1n) is 4.81. The highest BCUT2D eigenvalue weighted by atomic mass is 16.6. The van der Waals surface area contributed by atoms with E-state index in [1.807, 2.05) is 6.07 Å². The van der Waals surface area contributed by atoms with Gasteiger partial charge in [-0.1, -0.05) is 0 Å². The van der Waals surface area contributed by atoms with Crippen molar-refractivity contribution in [2.45, 2.75) is 6.92 Å². The fourth-order valence-corrected chi connectivity index (χ4v) is 1.53. The summed E-state index contributed by atoms with van der Waals surface area (Å²) in [6.45, 7) is 1.67. The number of benzene rings is 1. The molecule has 1 heterocycles. The van der Waals surface area contributed by atoms with Gasteiger partial charge in [0.2, 0.25) is 0 Å². The van der Waals surface area contributed by atoms with E-state index in [2.05, 4.69) is 4.98 Å². The summed E-state index contributed by atoms with van der Waals surface area (Å²) < 4.78 is 1.65. The number of nitro benzene ring substituents is 1. The van der Waals surface area contributed by atoms with E-state index < -0.39 is 4.92 Å². The Morgan fingerprint density at radius 1 is 1.53 bits per heavy atom. The van der Waals surface area contributed by atoms with E-state index >= 15 is 0 Å². The Balaban J connectivity index is 2.45. The summed E-state index contributed by atoms with van der Waals surface area (Å²) >= 11 is 0. The molecule has 84 valence electrons. The van der Waals surface area contributed by atoms with E-state index in [1.165, 1.54) is 12.4 Å². The van der Waals surface area contributed by atoms with Crippen molar-refractivity contribution in [2.24, 2.45) is 0 Å². The van der Waals surface area contributed by atoms with Crippen LogP contribution in [0, 0.1) is 28.4 Å². The van der Waals surface area contributed by atoms with E-state index in [1.54, 1.807) is 29.8 Å². The van der Waals surface area contributed by atoms with Gasteiger partial charge in [0.15, 0.2) is 5.69 Å². The number of hydrogen-bond acceptors (Lipinski definition) is 4. The van der Waals surface area contributed by atoms with Gasteiger partial charge in [-0.3, -0.25) is 10.1 Å². The number of aromatic nitrogens is 2. The maximum atomic E-state index is 10.7. The molecule has 1 aromatic carbocycles. The van der Waals surface area contributed by atoms with Crippen molar-refractivity contribution in [3.63, 3.8) is 0 Å². The zero-order valence-electron chi connectivity index (χ0n) is 8.99. The van der Waals surface area contributed by atoms with Crippen LogP contribution in [0.25, 0.3) is 5.69 Å². The molecule has 6 nitrogen and oxygen atoms in total. The molecule has 0 aliphatic heterocycles. The molecule has 0 aliphatic rings. The minimum atomic E-state index is -0.423. The molecule has 2 aromatic rings. The highest BCUT2D eigenvalue weighted by molar-refractivity contribution is 5.47. The second kappa shape index (κ2) is 4.06. The smallest absolute Gasteiger partial charge is 0.272 e. The third-order valence-corrected chi connectivity index (χ3v) is 2.37. The van der Waals surface area contributed by atoms with Gasteiger partial charge in [0, 0.05) is 23.5 Å². The summed E-state index contributed by atoms with van der Waals surface area (Å²) in [6.07, 6.45) is 3.07. The lowest BCUT2D eigenvalue weighted by Gasteiger charge is -2.03. The van der Waals surface area contributed by atoms with Gasteiger partial charge < -0.3 is 4.57 Å². The second-order valence-electron chi connectivity index (χ2n) is 3.51. The quantitative estimate of drug-likeness (QED) is 0.580. The summed E-state index contributed by atoms with van der Waals surface area (Å²) in [5.41, 5.74) is 1.69. The summed E-state index contributed by atoms with van der Waals surface area (Å²) in [6, 6.07) is 6.66. The highest BCUT2D eigenvalue weighted by Crippen LogP contribution is 2.20. The van der Waals surface area contributed by atoms with E-state index in [0.29, 0.717) is 11.3 Å². The van der Waals surface area contributed by atoms with Crippen LogP contribution in [-0.2, 0) is 0 Å². The number of rotatable bonds is 2. The molecule has 0 saturated heterocycles. The van der Waals surface area contributed by atoms with Crippen molar-refractivity contribution in [2.75, 3.05) is 0 Å². The van der Waals surface area contributed by atoms with E-state index in [9.17, 15) is 10.1 Å². The molecular formula is C11H8N4O2. The molecule has 0 atom stereocenters. The number of nitrogens with zero attached hydrogens (tertiary/aromatic N) is 4. The fraction of sp³-hybridized carbons (Fsp3) is 0.0909. The average molecular weight is 228 g/mol. The van der Waals surface area contributed by atoms with Crippen LogP contribution < -0.4 is 0 Å². The van der Waals surface area contributed by atoms with Crippen molar-refractivity contribution in [1.82, 2.24) is 9.55 Å². The number of nitro groups is 1. The predicted octanol–water partition coefficient (Wildman–Crippen LogP) is 1.96. The molecule has 0 bridgehead atoms. The predicted molar refractivity (Wildman–Crippen MR) is 59.7 cm³/mol. The Labute approximate surface area is 96.9 Å². The van der Waals surface area contributed by atoms with Gasteiger partial charge >= 0.3 is 0 Å². The first-order chi connectivity index (χ1) is 8.11. The fourth-order valence-electron chi connectivity index (χ4n) is 1.53. The summed E-state index contributed by atoms with van der Waals surface area (Å²) in [5.74, 6) is 0. The summed E-state index contributed by atoms with van der Waals surface area (Å²) in [4.78, 5) is 14.1. The first-order valence-corrected chi connectivity index (χ1v) is 4.81. The zero-order valence-corrected chi connectivity index (χ0v) is 8.99. The molecule has 0 unspecified atom stereocenters. The van der Waals surface area contributed by atoms with Gasteiger partial charge in [0.1, 0.15) is 12.4 Å². The van der Waals surface area contributed by atoms with Crippen LogP contribution >= 0.6 is 0 Å². The summed E-state index contributed by atoms with van der Waals surface area (Å²) in [7, 11) is 0. The molecular weight excluding hydrogens is 220 g/mol. The first kappa shape index (κ1) is 10.8. The SMILES string of the molecule is Cc1cc(-n2cnc(C#N)c2)ccc1[N+](=O)[O-]. The van der Waals surface area contributed by atoms with Gasteiger partial charge in [-0.05, 0) is 19.1 Å². The summed E-state index contributed by atoms with van der Waals surface area (Å²) in [5, 5.41) is 19.3. The lowest BCUT2D eigenvalue weighted by molar-refractivity contribution is -0.385.